The maximum atomic E-state index is 5.74. The number of benzene rings is 4. The van der Waals surface area contributed by atoms with Gasteiger partial charge in [-0.15, -0.1) is 0 Å². The molecule has 188 valence electrons. The smallest absolute Gasteiger partial charge is 0.0626 e. The molecule has 0 aliphatic rings. The highest BCUT2D eigenvalue weighted by Crippen LogP contribution is 2.39. The van der Waals surface area contributed by atoms with Crippen LogP contribution in [0, 0.1) is 0 Å². The van der Waals surface area contributed by atoms with E-state index in [1.54, 1.807) is 43.2 Å². The second-order valence-corrected chi connectivity index (χ2v) is 12.6. The third-order valence-electron chi connectivity index (χ3n) is 5.05. The van der Waals surface area contributed by atoms with E-state index in [1.165, 1.54) is 19.6 Å². The SMILES string of the molecule is Nc1ccc(SSc2ccc(N=CCCCC=Nc3ccc(SSc4ccc(N)cc4)cc3)cc2)cc1. The fraction of sp³-hybridized carbons (Fsp3) is 0.103. The molecule has 0 amide bonds. The maximum absolute atomic E-state index is 5.74. The zero-order valence-corrected chi connectivity index (χ0v) is 23.5. The zero-order valence-electron chi connectivity index (χ0n) is 20.2. The van der Waals surface area contributed by atoms with Gasteiger partial charge in [-0.05, 0) is 116 Å². The van der Waals surface area contributed by atoms with Crippen molar-refractivity contribution in [2.24, 2.45) is 9.98 Å². The van der Waals surface area contributed by atoms with Crippen molar-refractivity contribution in [1.29, 1.82) is 0 Å². The van der Waals surface area contributed by atoms with Crippen molar-refractivity contribution in [3.63, 3.8) is 0 Å². The number of hydrogen-bond donors (Lipinski definition) is 2. The summed E-state index contributed by atoms with van der Waals surface area (Å²) in [5.41, 5.74) is 15.0. The summed E-state index contributed by atoms with van der Waals surface area (Å²) in [5, 5.41) is 0. The Hall–Kier alpha value is -2.78. The van der Waals surface area contributed by atoms with Gasteiger partial charge in [-0.2, -0.15) is 0 Å². The second kappa shape index (κ2) is 14.8. The van der Waals surface area contributed by atoms with Gasteiger partial charge in [-0.25, -0.2) is 0 Å². The molecule has 0 spiro atoms. The molecule has 0 heterocycles. The average Bonchev–Trinajstić information content (AvgIpc) is 2.93. The van der Waals surface area contributed by atoms with Crippen LogP contribution in [-0.4, -0.2) is 12.4 Å². The van der Waals surface area contributed by atoms with Gasteiger partial charge < -0.3 is 11.5 Å². The highest BCUT2D eigenvalue weighted by molar-refractivity contribution is 8.77. The summed E-state index contributed by atoms with van der Waals surface area (Å²) in [5.74, 6) is 0. The van der Waals surface area contributed by atoms with E-state index in [0.717, 1.165) is 42.0 Å². The normalized spacial score (nSPS) is 11.5. The molecule has 0 bridgehead atoms. The molecule has 0 aromatic heterocycles. The molecule has 8 heteroatoms. The van der Waals surface area contributed by atoms with Crippen molar-refractivity contribution in [2.45, 2.75) is 38.8 Å². The molecule has 37 heavy (non-hydrogen) atoms. The predicted molar refractivity (Wildman–Crippen MR) is 168 cm³/mol. The molecule has 0 atom stereocenters. The number of nitrogens with zero attached hydrogens (tertiary/aromatic N) is 2. The minimum Gasteiger partial charge on any atom is -0.399 e. The Labute approximate surface area is 234 Å². The monoisotopic (exact) mass is 560 g/mol. The number of rotatable bonds is 12. The van der Waals surface area contributed by atoms with Crippen molar-refractivity contribution >= 4 is 78.4 Å². The fourth-order valence-electron chi connectivity index (χ4n) is 3.06. The third-order valence-corrected chi connectivity index (χ3v) is 9.88. The standard InChI is InChI=1S/C29H28N4S4/c30-22-4-12-26(13-5-22)34-36-28-16-8-24(9-17-28)32-20-2-1-3-21-33-25-10-18-29(19-11-25)37-35-27-14-6-23(31)7-15-27/h4-21H,1-3,30-31H2. The molecule has 0 aliphatic carbocycles. The molecule has 0 saturated carbocycles. The van der Waals surface area contributed by atoms with E-state index >= 15 is 0 Å². The van der Waals surface area contributed by atoms with E-state index in [4.69, 9.17) is 11.5 Å². The van der Waals surface area contributed by atoms with Gasteiger partial charge in [0.2, 0.25) is 0 Å². The Balaban J connectivity index is 1.11. The first kappa shape index (κ1) is 27.3. The molecular weight excluding hydrogens is 533 g/mol. The van der Waals surface area contributed by atoms with Crippen LogP contribution in [0.5, 0.6) is 0 Å². The average molecular weight is 561 g/mol. The molecule has 0 saturated heterocycles. The molecule has 4 N–H and O–H groups in total. The van der Waals surface area contributed by atoms with Crippen LogP contribution in [0.4, 0.5) is 22.7 Å². The van der Waals surface area contributed by atoms with Crippen LogP contribution in [0.1, 0.15) is 19.3 Å². The lowest BCUT2D eigenvalue weighted by Crippen LogP contribution is -1.81. The lowest BCUT2D eigenvalue weighted by Gasteiger charge is -2.02. The zero-order chi connectivity index (χ0) is 25.7. The largest absolute Gasteiger partial charge is 0.399 e. The van der Waals surface area contributed by atoms with Crippen molar-refractivity contribution in [2.75, 3.05) is 11.5 Å². The van der Waals surface area contributed by atoms with Gasteiger partial charge in [0.05, 0.1) is 11.4 Å². The molecule has 4 rings (SSSR count). The molecule has 0 aliphatic heterocycles. The number of hydrogen-bond acceptors (Lipinski definition) is 8. The summed E-state index contributed by atoms with van der Waals surface area (Å²) >= 11 is 0. The minimum absolute atomic E-state index is 0.787. The van der Waals surface area contributed by atoms with Crippen LogP contribution in [-0.2, 0) is 0 Å². The maximum Gasteiger partial charge on any atom is 0.0626 e. The Morgan fingerprint density at radius 3 is 1.08 bits per heavy atom. The number of nitrogen functional groups attached to an aromatic ring is 2. The summed E-state index contributed by atoms with van der Waals surface area (Å²) in [6, 6.07) is 32.5. The van der Waals surface area contributed by atoms with Gasteiger partial charge in [0, 0.05) is 43.4 Å². The van der Waals surface area contributed by atoms with Gasteiger partial charge in [-0.3, -0.25) is 9.98 Å². The summed E-state index contributed by atoms with van der Waals surface area (Å²) in [4.78, 5) is 13.9. The lowest BCUT2D eigenvalue weighted by atomic mass is 10.2. The van der Waals surface area contributed by atoms with E-state index in [1.807, 2.05) is 61.0 Å². The lowest BCUT2D eigenvalue weighted by molar-refractivity contribution is 0.944. The van der Waals surface area contributed by atoms with Crippen LogP contribution >= 0.6 is 43.2 Å². The first-order valence-corrected chi connectivity index (χ1v) is 16.1. The van der Waals surface area contributed by atoms with Crippen LogP contribution in [0.15, 0.2) is 127 Å². The Bertz CT molecular complexity index is 1190. The Kier molecular flexibility index (Phi) is 10.9. The van der Waals surface area contributed by atoms with Gasteiger partial charge in [0.1, 0.15) is 0 Å². The number of anilines is 2. The number of unbranched alkanes of at least 4 members (excludes halogenated alkanes) is 2. The fourth-order valence-corrected chi connectivity index (χ4v) is 6.92. The molecule has 4 aromatic carbocycles. The van der Waals surface area contributed by atoms with Crippen molar-refractivity contribution < 1.29 is 0 Å². The predicted octanol–water partition coefficient (Wildman–Crippen LogP) is 9.72. The number of nitrogens with two attached hydrogens (primary N) is 2. The van der Waals surface area contributed by atoms with Crippen LogP contribution in [0.2, 0.25) is 0 Å². The molecule has 4 nitrogen and oxygen atoms in total. The highest BCUT2D eigenvalue weighted by Gasteiger charge is 2.00. The molecular formula is C29H28N4S4. The molecule has 0 radical (unpaired) electrons. The van der Waals surface area contributed by atoms with E-state index in [2.05, 4.69) is 58.5 Å². The topological polar surface area (TPSA) is 76.8 Å². The Morgan fingerprint density at radius 1 is 0.459 bits per heavy atom. The first-order valence-electron chi connectivity index (χ1n) is 11.8. The van der Waals surface area contributed by atoms with Crippen molar-refractivity contribution in [3.05, 3.63) is 97.1 Å². The van der Waals surface area contributed by atoms with E-state index in [-0.39, 0.29) is 0 Å². The van der Waals surface area contributed by atoms with Gasteiger partial charge >= 0.3 is 0 Å². The third kappa shape index (κ3) is 9.89. The second-order valence-electron chi connectivity index (χ2n) is 8.01. The molecule has 4 aromatic rings. The summed E-state index contributed by atoms with van der Waals surface area (Å²) in [7, 11) is 6.90. The van der Waals surface area contributed by atoms with Crippen LogP contribution in [0.25, 0.3) is 0 Å². The summed E-state index contributed by atoms with van der Waals surface area (Å²) in [6.45, 7) is 0. The van der Waals surface area contributed by atoms with Crippen LogP contribution in [0.3, 0.4) is 0 Å². The van der Waals surface area contributed by atoms with Crippen LogP contribution < -0.4 is 11.5 Å². The quantitative estimate of drug-likeness (QED) is 0.0777. The molecule has 0 fully saturated rings. The Morgan fingerprint density at radius 2 is 0.757 bits per heavy atom. The first-order chi connectivity index (χ1) is 18.1. The van der Waals surface area contributed by atoms with E-state index < -0.39 is 0 Å². The summed E-state index contributed by atoms with van der Waals surface area (Å²) in [6.07, 6.45) is 6.85. The van der Waals surface area contributed by atoms with Gasteiger partial charge in [0.25, 0.3) is 0 Å². The van der Waals surface area contributed by atoms with E-state index in [0.29, 0.717) is 0 Å². The van der Waals surface area contributed by atoms with Gasteiger partial charge in [-0.1, -0.05) is 43.2 Å². The van der Waals surface area contributed by atoms with Gasteiger partial charge in [0.15, 0.2) is 0 Å². The van der Waals surface area contributed by atoms with Crippen molar-refractivity contribution in [1.82, 2.24) is 0 Å². The van der Waals surface area contributed by atoms with Crippen molar-refractivity contribution in [3.8, 4) is 0 Å². The minimum atomic E-state index is 0.787. The highest BCUT2D eigenvalue weighted by atomic mass is 33.1. The molecule has 0 unspecified atom stereocenters. The number of aliphatic imine (C=N–C) groups is 2. The summed E-state index contributed by atoms with van der Waals surface area (Å²) < 4.78 is 0. The van der Waals surface area contributed by atoms with E-state index in [9.17, 15) is 0 Å².